The van der Waals surface area contributed by atoms with Crippen LogP contribution in [0.25, 0.3) is 11.7 Å². The Morgan fingerprint density at radius 3 is 2.32 bits per heavy atom. The predicted molar refractivity (Wildman–Crippen MR) is 146 cm³/mol. The van der Waals surface area contributed by atoms with E-state index in [1.807, 2.05) is 12.1 Å². The van der Waals surface area contributed by atoms with Gasteiger partial charge in [-0.3, -0.25) is 9.20 Å². The van der Waals surface area contributed by atoms with E-state index in [2.05, 4.69) is 41.7 Å². The zero-order valence-electron chi connectivity index (χ0n) is 20.7. The molecule has 37 heavy (non-hydrogen) atoms. The maximum absolute atomic E-state index is 13.5. The van der Waals surface area contributed by atoms with E-state index in [0.29, 0.717) is 15.9 Å². The third-order valence-corrected chi connectivity index (χ3v) is 7.99. The van der Waals surface area contributed by atoms with Crippen molar-refractivity contribution in [2.24, 2.45) is 0 Å². The van der Waals surface area contributed by atoms with Gasteiger partial charge in [0, 0.05) is 10.7 Å². The van der Waals surface area contributed by atoms with Crippen molar-refractivity contribution in [2.45, 2.75) is 38.0 Å². The van der Waals surface area contributed by atoms with E-state index >= 15 is 0 Å². The van der Waals surface area contributed by atoms with Crippen molar-refractivity contribution in [3.63, 3.8) is 0 Å². The topological polar surface area (TPSA) is 102 Å². The van der Waals surface area contributed by atoms with Gasteiger partial charge in [-0.1, -0.05) is 54.9 Å². The zero-order valence-corrected chi connectivity index (χ0v) is 23.1. The molecular formula is C28H24BrN3O4S. The Hall–Kier alpha value is -3.74. The van der Waals surface area contributed by atoms with Gasteiger partial charge in [0.1, 0.15) is 27.9 Å². The maximum atomic E-state index is 13.5. The molecule has 2 aromatic heterocycles. The van der Waals surface area contributed by atoms with Gasteiger partial charge in [-0.2, -0.15) is 10.2 Å². The molecular weight excluding hydrogens is 554 g/mol. The van der Waals surface area contributed by atoms with Crippen LogP contribution < -0.4 is 10.3 Å². The summed E-state index contributed by atoms with van der Waals surface area (Å²) in [5, 5.41) is 9.80. The molecule has 0 radical (unpaired) electrons. The largest absolute Gasteiger partial charge is 0.438 e. The number of ether oxygens (including phenoxy) is 1. The first-order valence-corrected chi connectivity index (χ1v) is 13.6. The first-order valence-electron chi connectivity index (χ1n) is 11.3. The molecule has 188 valence electrons. The van der Waals surface area contributed by atoms with Crippen LogP contribution in [0.1, 0.15) is 37.5 Å². The number of benzene rings is 2. The van der Waals surface area contributed by atoms with E-state index in [0.717, 1.165) is 17.2 Å². The summed E-state index contributed by atoms with van der Waals surface area (Å²) in [5.41, 5.74) is 1.40. The molecule has 4 aromatic rings. The number of rotatable bonds is 5. The zero-order chi connectivity index (χ0) is 27.0. The second kappa shape index (κ2) is 9.96. The second-order valence-electron chi connectivity index (χ2n) is 9.47. The van der Waals surface area contributed by atoms with Gasteiger partial charge in [-0.05, 0) is 72.0 Å². The SMILES string of the molecule is Cc1cccn2c(=O)c(C=C(C#N)S(=O)(=O)c3ccc(Br)cc3)c(Oc3ccc(C(C)(C)C)cc3)nc12. The smallest absolute Gasteiger partial charge is 0.269 e. The molecule has 0 saturated heterocycles. The summed E-state index contributed by atoms with van der Waals surface area (Å²) >= 11 is 3.27. The molecule has 2 aromatic carbocycles. The van der Waals surface area contributed by atoms with Crippen molar-refractivity contribution < 1.29 is 13.2 Å². The standard InChI is InChI=1S/C28H24BrN3O4S/c1-18-6-5-15-32-25(18)31-26(36-21-11-7-19(8-12-21)28(2,3)4)24(27(32)33)16-23(17-30)37(34,35)22-13-9-20(29)10-14-22/h5-16H,1-4H3. The fourth-order valence-electron chi connectivity index (χ4n) is 3.67. The van der Waals surface area contributed by atoms with Crippen LogP contribution in [0.2, 0.25) is 0 Å². The van der Waals surface area contributed by atoms with E-state index in [-0.39, 0.29) is 21.8 Å². The van der Waals surface area contributed by atoms with Crippen LogP contribution in [0.4, 0.5) is 0 Å². The second-order valence-corrected chi connectivity index (χ2v) is 12.3. The molecule has 7 nitrogen and oxygen atoms in total. The van der Waals surface area contributed by atoms with E-state index in [1.54, 1.807) is 49.4 Å². The molecule has 4 rings (SSSR count). The van der Waals surface area contributed by atoms with Gasteiger partial charge in [0.25, 0.3) is 5.56 Å². The highest BCUT2D eigenvalue weighted by Crippen LogP contribution is 2.30. The quantitative estimate of drug-likeness (QED) is 0.262. The molecule has 0 aliphatic heterocycles. The van der Waals surface area contributed by atoms with Crippen LogP contribution in [-0.2, 0) is 15.3 Å². The Balaban J connectivity index is 1.91. The first kappa shape index (κ1) is 26.3. The Morgan fingerprint density at radius 1 is 1.08 bits per heavy atom. The molecule has 0 unspecified atom stereocenters. The van der Waals surface area contributed by atoms with Crippen molar-refractivity contribution in [1.29, 1.82) is 5.26 Å². The van der Waals surface area contributed by atoms with Crippen molar-refractivity contribution in [1.82, 2.24) is 9.38 Å². The molecule has 0 spiro atoms. The van der Waals surface area contributed by atoms with Crippen LogP contribution >= 0.6 is 15.9 Å². The van der Waals surface area contributed by atoms with E-state index in [9.17, 15) is 18.5 Å². The molecule has 0 saturated carbocycles. The Morgan fingerprint density at radius 2 is 1.73 bits per heavy atom. The van der Waals surface area contributed by atoms with Gasteiger partial charge < -0.3 is 4.74 Å². The summed E-state index contributed by atoms with van der Waals surface area (Å²) in [6.45, 7) is 8.08. The molecule has 0 bridgehead atoms. The average molecular weight is 578 g/mol. The van der Waals surface area contributed by atoms with E-state index in [4.69, 9.17) is 4.74 Å². The van der Waals surface area contributed by atoms with Crippen LogP contribution in [0.3, 0.4) is 0 Å². The highest BCUT2D eigenvalue weighted by Gasteiger charge is 2.24. The van der Waals surface area contributed by atoms with Crippen molar-refractivity contribution in [3.8, 4) is 17.7 Å². The number of fused-ring (bicyclic) bond motifs is 1. The van der Waals surface area contributed by atoms with Crippen molar-refractivity contribution in [3.05, 3.63) is 103 Å². The van der Waals surface area contributed by atoms with Crippen LogP contribution in [0.15, 0.2) is 85.9 Å². The van der Waals surface area contributed by atoms with Gasteiger partial charge in [0.2, 0.25) is 15.7 Å². The summed E-state index contributed by atoms with van der Waals surface area (Å²) in [4.78, 5) is 17.4. The number of aromatic nitrogens is 2. The Bertz CT molecular complexity index is 1730. The van der Waals surface area contributed by atoms with Gasteiger partial charge in [-0.25, -0.2) is 8.42 Å². The van der Waals surface area contributed by atoms with Gasteiger partial charge in [0.15, 0.2) is 0 Å². The number of aryl methyl sites for hydroxylation is 1. The lowest BCUT2D eigenvalue weighted by molar-refractivity contribution is 0.460. The average Bonchev–Trinajstić information content (AvgIpc) is 2.84. The van der Waals surface area contributed by atoms with E-state index in [1.165, 1.54) is 22.7 Å². The molecule has 0 atom stereocenters. The summed E-state index contributed by atoms with van der Waals surface area (Å²) in [6, 6.07) is 18.5. The summed E-state index contributed by atoms with van der Waals surface area (Å²) in [5.74, 6) is 0.323. The number of hydrogen-bond donors (Lipinski definition) is 0. The minimum atomic E-state index is -4.21. The van der Waals surface area contributed by atoms with Gasteiger partial charge in [-0.15, -0.1) is 0 Å². The molecule has 0 fully saturated rings. The lowest BCUT2D eigenvalue weighted by Crippen LogP contribution is -2.20. The molecule has 0 aliphatic carbocycles. The minimum absolute atomic E-state index is 0.0628. The summed E-state index contributed by atoms with van der Waals surface area (Å²) in [7, 11) is -4.21. The first-order chi connectivity index (χ1) is 17.4. The highest BCUT2D eigenvalue weighted by atomic mass is 79.9. The fraction of sp³-hybridized carbons (Fsp3) is 0.179. The molecule has 9 heteroatoms. The van der Waals surface area contributed by atoms with Crippen molar-refractivity contribution >= 4 is 37.5 Å². The lowest BCUT2D eigenvalue weighted by Gasteiger charge is -2.19. The monoisotopic (exact) mass is 577 g/mol. The highest BCUT2D eigenvalue weighted by molar-refractivity contribution is 9.10. The van der Waals surface area contributed by atoms with Gasteiger partial charge in [0.05, 0.1) is 4.90 Å². The lowest BCUT2D eigenvalue weighted by atomic mass is 9.87. The maximum Gasteiger partial charge on any atom is 0.269 e. The number of allylic oxidation sites excluding steroid dienone is 1. The van der Waals surface area contributed by atoms with Crippen LogP contribution in [0.5, 0.6) is 11.6 Å². The van der Waals surface area contributed by atoms with Crippen LogP contribution in [0, 0.1) is 18.3 Å². The summed E-state index contributed by atoms with van der Waals surface area (Å²) < 4.78 is 34.5. The van der Waals surface area contributed by atoms with Crippen LogP contribution in [-0.4, -0.2) is 17.8 Å². The normalized spacial score (nSPS) is 12.4. The molecule has 0 N–H and O–H groups in total. The molecule has 0 aliphatic rings. The van der Waals surface area contributed by atoms with Gasteiger partial charge >= 0.3 is 0 Å². The third-order valence-electron chi connectivity index (χ3n) is 5.78. The minimum Gasteiger partial charge on any atom is -0.438 e. The molecule has 0 amide bonds. The van der Waals surface area contributed by atoms with Crippen molar-refractivity contribution in [2.75, 3.05) is 0 Å². The number of halogens is 1. The molecule has 2 heterocycles. The third kappa shape index (κ3) is 5.36. The Labute approximate surface area is 223 Å². The predicted octanol–water partition coefficient (Wildman–Crippen LogP) is 6.19. The number of sulfone groups is 1. The Kier molecular flexibility index (Phi) is 7.09. The fourth-order valence-corrected chi connectivity index (χ4v) is 5.08. The summed E-state index contributed by atoms with van der Waals surface area (Å²) in [6.07, 6.45) is 2.56. The van der Waals surface area contributed by atoms with E-state index < -0.39 is 20.3 Å². The number of nitrogens with zero attached hydrogens (tertiary/aromatic N) is 3. The number of nitriles is 1. The number of pyridine rings is 1. The number of hydrogen-bond acceptors (Lipinski definition) is 6.